The minimum absolute atomic E-state index is 0.149. The molecule has 1 aromatic heterocycles. The Morgan fingerprint density at radius 1 is 1.32 bits per heavy atom. The minimum Gasteiger partial charge on any atom is -0.407 e. The number of sulfone groups is 1. The lowest BCUT2D eigenvalue weighted by molar-refractivity contribution is 0.447. The van der Waals surface area contributed by atoms with Crippen LogP contribution in [0.2, 0.25) is 0 Å². The molecule has 0 aliphatic carbocycles. The molecule has 0 bridgehead atoms. The molecule has 0 atom stereocenters. The molecule has 0 unspecified atom stereocenters. The second-order valence-corrected chi connectivity index (χ2v) is 7.45. The Hall–Kier alpha value is -1.15. The topological polar surface area (TPSA) is 88.3 Å². The van der Waals surface area contributed by atoms with Crippen LogP contribution in [-0.4, -0.2) is 49.8 Å². The van der Waals surface area contributed by atoms with Crippen molar-refractivity contribution in [3.8, 4) is 0 Å². The summed E-state index contributed by atoms with van der Waals surface area (Å²) < 4.78 is 28.2. The number of hydrogen-bond acceptors (Lipinski definition) is 7. The molecular weight excluding hydrogens is 268 g/mol. The Balaban J connectivity index is 1.87. The monoisotopic (exact) mass is 288 g/mol. The Morgan fingerprint density at radius 2 is 2.00 bits per heavy atom. The molecule has 2 rings (SSSR count). The lowest BCUT2D eigenvalue weighted by Gasteiger charge is -2.24. The van der Waals surface area contributed by atoms with E-state index < -0.39 is 9.84 Å². The summed E-state index contributed by atoms with van der Waals surface area (Å²) in [7, 11) is -2.88. The smallest absolute Gasteiger partial charge is 0.318 e. The van der Waals surface area contributed by atoms with Crippen LogP contribution in [0.4, 0.5) is 6.01 Å². The Kier molecular flexibility index (Phi) is 4.41. The Morgan fingerprint density at radius 3 is 2.63 bits per heavy atom. The zero-order chi connectivity index (χ0) is 13.9. The normalized spacial score (nSPS) is 19.0. The molecule has 1 aromatic rings. The SMILES string of the molecule is CC(C)CNCc1nnc(N2CCS(=O)(=O)CC2)o1. The standard InChI is InChI=1S/C11H20N4O3S/c1-9(2)7-12-8-10-13-14-11(18-10)15-3-5-19(16,17)6-4-15/h9,12H,3-8H2,1-2H3. The minimum atomic E-state index is -2.88. The van der Waals surface area contributed by atoms with Crippen LogP contribution in [0.25, 0.3) is 0 Å². The summed E-state index contributed by atoms with van der Waals surface area (Å²) in [4.78, 5) is 1.82. The number of rotatable bonds is 5. The van der Waals surface area contributed by atoms with Gasteiger partial charge in [-0.1, -0.05) is 18.9 Å². The summed E-state index contributed by atoms with van der Waals surface area (Å²) in [6, 6.07) is 0.413. The number of hydrogen-bond donors (Lipinski definition) is 1. The average Bonchev–Trinajstić information content (AvgIpc) is 2.77. The van der Waals surface area contributed by atoms with Crippen molar-refractivity contribution in [2.24, 2.45) is 5.92 Å². The summed E-state index contributed by atoms with van der Waals surface area (Å²) in [5.74, 6) is 1.39. The third-order valence-electron chi connectivity index (χ3n) is 2.90. The molecule has 0 spiro atoms. The summed E-state index contributed by atoms with van der Waals surface area (Å²) in [6.07, 6.45) is 0. The van der Waals surface area contributed by atoms with E-state index in [2.05, 4.69) is 29.4 Å². The lowest BCUT2D eigenvalue weighted by atomic mass is 10.2. The van der Waals surface area contributed by atoms with Gasteiger partial charge in [-0.2, -0.15) is 0 Å². The molecule has 1 fully saturated rings. The van der Waals surface area contributed by atoms with Gasteiger partial charge in [-0.3, -0.25) is 0 Å². The zero-order valence-corrected chi connectivity index (χ0v) is 12.1. The number of aromatic nitrogens is 2. The fraction of sp³-hybridized carbons (Fsp3) is 0.818. The molecule has 1 saturated heterocycles. The van der Waals surface area contributed by atoms with Gasteiger partial charge in [0.1, 0.15) is 0 Å². The van der Waals surface area contributed by atoms with Gasteiger partial charge in [0, 0.05) is 13.1 Å². The maximum Gasteiger partial charge on any atom is 0.318 e. The van der Waals surface area contributed by atoms with Gasteiger partial charge in [0.2, 0.25) is 5.89 Å². The summed E-state index contributed by atoms with van der Waals surface area (Å²) in [5, 5.41) is 11.1. The van der Waals surface area contributed by atoms with Gasteiger partial charge in [0.25, 0.3) is 0 Å². The lowest BCUT2D eigenvalue weighted by Crippen LogP contribution is -2.40. The predicted octanol–water partition coefficient (Wildman–Crippen LogP) is 0.0500. The third-order valence-corrected chi connectivity index (χ3v) is 4.51. The molecule has 0 saturated carbocycles. The molecule has 0 aromatic carbocycles. The maximum atomic E-state index is 11.3. The van der Waals surface area contributed by atoms with Crippen LogP contribution in [0, 0.1) is 5.92 Å². The molecule has 1 aliphatic rings. The van der Waals surface area contributed by atoms with Gasteiger partial charge < -0.3 is 14.6 Å². The molecule has 19 heavy (non-hydrogen) atoms. The van der Waals surface area contributed by atoms with Crippen molar-refractivity contribution in [2.75, 3.05) is 36.0 Å². The highest BCUT2D eigenvalue weighted by Gasteiger charge is 2.24. The molecule has 108 valence electrons. The van der Waals surface area contributed by atoms with Crippen molar-refractivity contribution in [2.45, 2.75) is 20.4 Å². The van der Waals surface area contributed by atoms with Gasteiger partial charge >= 0.3 is 6.01 Å². The molecule has 2 heterocycles. The summed E-state index contributed by atoms with van der Waals surface area (Å²) >= 11 is 0. The van der Waals surface area contributed by atoms with Crippen LogP contribution in [-0.2, 0) is 16.4 Å². The molecule has 0 amide bonds. The average molecular weight is 288 g/mol. The van der Waals surface area contributed by atoms with E-state index in [-0.39, 0.29) is 11.5 Å². The van der Waals surface area contributed by atoms with E-state index in [0.29, 0.717) is 37.5 Å². The first-order chi connectivity index (χ1) is 8.96. The van der Waals surface area contributed by atoms with Crippen LogP contribution in [0.3, 0.4) is 0 Å². The van der Waals surface area contributed by atoms with Gasteiger partial charge in [0.15, 0.2) is 9.84 Å². The van der Waals surface area contributed by atoms with Crippen molar-refractivity contribution >= 4 is 15.9 Å². The van der Waals surface area contributed by atoms with E-state index in [1.54, 1.807) is 0 Å². The fourth-order valence-corrected chi connectivity index (χ4v) is 3.02. The summed E-state index contributed by atoms with van der Waals surface area (Å²) in [6.45, 7) is 6.52. The molecule has 8 heteroatoms. The van der Waals surface area contributed by atoms with Gasteiger partial charge in [-0.15, -0.1) is 5.10 Å². The van der Waals surface area contributed by atoms with Gasteiger partial charge in [0.05, 0.1) is 18.1 Å². The van der Waals surface area contributed by atoms with E-state index in [0.717, 1.165) is 6.54 Å². The second kappa shape index (κ2) is 5.87. The fourth-order valence-electron chi connectivity index (χ4n) is 1.82. The highest BCUT2D eigenvalue weighted by atomic mass is 32.2. The molecular formula is C11H20N4O3S. The number of nitrogens with one attached hydrogen (secondary N) is 1. The summed E-state index contributed by atoms with van der Waals surface area (Å²) in [5.41, 5.74) is 0. The first-order valence-corrected chi connectivity index (χ1v) is 8.27. The second-order valence-electron chi connectivity index (χ2n) is 5.14. The van der Waals surface area contributed by atoms with E-state index >= 15 is 0 Å². The van der Waals surface area contributed by atoms with Crippen molar-refractivity contribution in [1.29, 1.82) is 0 Å². The number of anilines is 1. The molecule has 0 radical (unpaired) electrons. The van der Waals surface area contributed by atoms with E-state index in [9.17, 15) is 8.42 Å². The van der Waals surface area contributed by atoms with Crippen LogP contribution in [0.1, 0.15) is 19.7 Å². The van der Waals surface area contributed by atoms with Crippen molar-refractivity contribution in [1.82, 2.24) is 15.5 Å². The van der Waals surface area contributed by atoms with Crippen LogP contribution < -0.4 is 10.2 Å². The van der Waals surface area contributed by atoms with Crippen molar-refractivity contribution in [3.63, 3.8) is 0 Å². The third kappa shape index (κ3) is 4.17. The van der Waals surface area contributed by atoms with E-state index in [4.69, 9.17) is 4.42 Å². The number of nitrogens with zero attached hydrogens (tertiary/aromatic N) is 3. The van der Waals surface area contributed by atoms with Crippen LogP contribution in [0.5, 0.6) is 0 Å². The molecule has 1 aliphatic heterocycles. The largest absolute Gasteiger partial charge is 0.407 e. The maximum absolute atomic E-state index is 11.3. The Labute approximate surface area is 113 Å². The highest BCUT2D eigenvalue weighted by Crippen LogP contribution is 2.15. The van der Waals surface area contributed by atoms with E-state index in [1.807, 2.05) is 4.90 Å². The van der Waals surface area contributed by atoms with Crippen molar-refractivity contribution in [3.05, 3.63) is 5.89 Å². The quantitative estimate of drug-likeness (QED) is 0.819. The zero-order valence-electron chi connectivity index (χ0n) is 11.3. The van der Waals surface area contributed by atoms with Crippen molar-refractivity contribution < 1.29 is 12.8 Å². The van der Waals surface area contributed by atoms with Gasteiger partial charge in [-0.25, -0.2) is 8.42 Å². The first kappa shape index (κ1) is 14.3. The first-order valence-electron chi connectivity index (χ1n) is 6.45. The Bertz CT molecular complexity index is 498. The highest BCUT2D eigenvalue weighted by molar-refractivity contribution is 7.91. The van der Waals surface area contributed by atoms with Gasteiger partial charge in [-0.05, 0) is 12.5 Å². The molecule has 7 nitrogen and oxygen atoms in total. The molecule has 1 N–H and O–H groups in total. The van der Waals surface area contributed by atoms with Crippen LogP contribution in [0.15, 0.2) is 4.42 Å². The van der Waals surface area contributed by atoms with Crippen LogP contribution >= 0.6 is 0 Å². The van der Waals surface area contributed by atoms with E-state index in [1.165, 1.54) is 0 Å². The predicted molar refractivity (Wildman–Crippen MR) is 71.7 cm³/mol.